The number of nitrogens with zero attached hydrogens (tertiary/aromatic N) is 1. The highest BCUT2D eigenvalue weighted by atomic mass is 16.4. The van der Waals surface area contributed by atoms with E-state index in [2.05, 4.69) is 89.7 Å². The molecule has 21 heteroatoms. The Hall–Kier alpha value is -5.64. The predicted molar refractivity (Wildman–Crippen MR) is 285 cm³/mol. The second-order valence-electron chi connectivity index (χ2n) is 14.8. The van der Waals surface area contributed by atoms with Gasteiger partial charge >= 0.3 is 18.0 Å². The molecule has 0 heterocycles. The fourth-order valence-corrected chi connectivity index (χ4v) is 4.91. The van der Waals surface area contributed by atoms with Gasteiger partial charge in [0, 0.05) is 52.9 Å². The molecule has 2 rings (SSSR count). The number of urea groups is 1. The third-order valence-corrected chi connectivity index (χ3v) is 8.48. The van der Waals surface area contributed by atoms with Gasteiger partial charge in [-0.2, -0.15) is 0 Å². The number of carbonyl (C=O) groups excluding carboxylic acids is 5. The van der Waals surface area contributed by atoms with Crippen LogP contribution in [0.4, 0.5) is 4.79 Å². The number of unbranched alkanes of at least 4 members (excludes halogenated alkanes) is 1. The summed E-state index contributed by atoms with van der Waals surface area (Å²) >= 11 is 0. The molecule has 0 saturated heterocycles. The lowest BCUT2D eigenvalue weighted by atomic mass is 9.91. The number of hydrogen-bond donors (Lipinski definition) is 13. The first-order valence-corrected chi connectivity index (χ1v) is 23.9. The van der Waals surface area contributed by atoms with Crippen LogP contribution in [0.2, 0.25) is 0 Å². The predicted octanol–water partition coefficient (Wildman–Crippen LogP) is 4.15. The number of ketones is 1. The number of amides is 5. The number of rotatable bonds is 19. The number of primary amides is 2. The van der Waals surface area contributed by atoms with Gasteiger partial charge in [0.05, 0.1) is 18.2 Å². The zero-order chi connectivity index (χ0) is 56.3. The Labute approximate surface area is 421 Å². The van der Waals surface area contributed by atoms with Crippen molar-refractivity contribution in [3.63, 3.8) is 0 Å². The monoisotopic (exact) mass is 1000 g/mol. The number of nitrogens with two attached hydrogens (primary N) is 5. The zero-order valence-electron chi connectivity index (χ0n) is 45.1. The number of guanidine groups is 1. The maximum absolute atomic E-state index is 11.1. The van der Waals surface area contributed by atoms with Crippen LogP contribution in [-0.4, -0.2) is 127 Å². The molecule has 0 bridgehead atoms. The smallest absolute Gasteiger partial charge is 0.315 e. The summed E-state index contributed by atoms with van der Waals surface area (Å²) in [5, 5.41) is 43.6. The molecule has 5 amide bonds. The van der Waals surface area contributed by atoms with E-state index in [1.165, 1.54) is 70.2 Å². The number of likely N-dealkylation sites (N-methyl/N-ethyl adjacent to an activating group) is 1. The summed E-state index contributed by atoms with van der Waals surface area (Å²) in [6.07, 6.45) is 13.6. The van der Waals surface area contributed by atoms with Crippen molar-refractivity contribution in [1.29, 1.82) is 0 Å². The second-order valence-corrected chi connectivity index (χ2v) is 14.8. The first kappa shape index (κ1) is 81.3. The number of aliphatic imine (C=N–C) groups is 1. The molecule has 1 aromatic carbocycles. The van der Waals surface area contributed by atoms with E-state index in [-0.39, 0.29) is 49.4 Å². The summed E-state index contributed by atoms with van der Waals surface area (Å²) < 4.78 is 0. The van der Waals surface area contributed by atoms with Crippen LogP contribution in [0.25, 0.3) is 0 Å². The summed E-state index contributed by atoms with van der Waals surface area (Å²) in [7, 11) is 4.21. The standard InChI is InChI=1S/C9H18N2O4.C8H15NO3.C8H10.C7H14.C6H12N4O.C6H13NO.C2H6.CH3NO.CH5N.CH4O/c1-3-10-9(15)11-7(6(2)12)4-5-8(13)14;1-6(9-2)7(10)4-3-5-8(11)12;1-7-4-3-5-8(2)6-7;1-7-5-3-2-4-6-7;7-5(11)3-1-2-4-10-6(8)9;1-3-4-5-7-6(2)8;1-2;2-1-3;2*1-2/h6-7,12H,3-5H2,1-2H3,(H,13,14)(H2,10,11,15);6,9H,3-5H2,1-2H3,(H,11,12);3-6H,1-2H3;7H,2-6H2,1H3;1,3H,2,4H2,(H2,7,11)(H4,8,9,10);3-5H2,1-2H3,(H,7,8);1-2H3;1H,(H2,2,3);2H2,1H3;2H,1H3/b;;;;3-1+;;;;;/t6?,7-;;;;;;;;;/m0........./s1. The van der Waals surface area contributed by atoms with E-state index in [0.717, 1.165) is 32.4 Å². The quantitative estimate of drug-likeness (QED) is 0.0304. The summed E-state index contributed by atoms with van der Waals surface area (Å²) in [6, 6.07) is 7.35. The molecule has 1 aliphatic carbocycles. The maximum atomic E-state index is 11.1. The number of aryl methyl sites for hydroxylation is 2. The Kier molecular flexibility index (Phi) is 76.0. The number of carbonyl (C=O) groups is 7. The van der Waals surface area contributed by atoms with Crippen LogP contribution >= 0.6 is 0 Å². The molecule has 0 aliphatic heterocycles. The van der Waals surface area contributed by atoms with E-state index in [1.807, 2.05) is 13.8 Å². The van der Waals surface area contributed by atoms with Gasteiger partial charge in [0.1, 0.15) is 5.78 Å². The van der Waals surface area contributed by atoms with Crippen LogP contribution in [0.3, 0.4) is 0 Å². The highest BCUT2D eigenvalue weighted by Crippen LogP contribution is 2.22. The van der Waals surface area contributed by atoms with Gasteiger partial charge in [-0.1, -0.05) is 108 Å². The highest BCUT2D eigenvalue weighted by Gasteiger charge is 2.18. The van der Waals surface area contributed by atoms with Crippen molar-refractivity contribution in [2.24, 2.45) is 39.6 Å². The van der Waals surface area contributed by atoms with E-state index in [1.54, 1.807) is 27.0 Å². The lowest BCUT2D eigenvalue weighted by Gasteiger charge is -2.20. The van der Waals surface area contributed by atoms with Gasteiger partial charge < -0.3 is 70.4 Å². The van der Waals surface area contributed by atoms with Crippen molar-refractivity contribution in [2.45, 2.75) is 171 Å². The fraction of sp³-hybridized carbons (Fsp3) is 0.673. The number of Topliss-reactive ketones (excluding diaryl/α,β-unsaturated/α-hetero) is 1. The number of benzene rings is 1. The summed E-state index contributed by atoms with van der Waals surface area (Å²) in [4.78, 5) is 75.3. The van der Waals surface area contributed by atoms with Crippen LogP contribution < -0.4 is 49.9 Å². The van der Waals surface area contributed by atoms with Crippen molar-refractivity contribution in [2.75, 3.05) is 40.8 Å². The Bertz CT molecular complexity index is 1420. The molecule has 412 valence electrons. The molecule has 1 saturated carbocycles. The van der Waals surface area contributed by atoms with Crippen LogP contribution in [-0.2, 0) is 28.8 Å². The van der Waals surface area contributed by atoms with Crippen LogP contribution in [0.15, 0.2) is 41.4 Å². The van der Waals surface area contributed by atoms with Gasteiger partial charge in [-0.25, -0.2) is 4.79 Å². The number of hydrogen-bond acceptors (Lipinski definition) is 12. The SMILES string of the molecule is CC.CC1CCCCC1.CCCCNC(C)=O.CCNC(=O)N[C@@H](CCC(=O)O)C(C)O.CN.CNC(C)C(=O)CCCC(=O)O.CO.Cc1cccc(C)c1.NC(=O)/C=C/CCN=C(N)N.NC=O. The number of aliphatic hydroxyl groups is 2. The fourth-order valence-electron chi connectivity index (χ4n) is 4.91. The minimum atomic E-state index is -0.946. The number of aliphatic hydroxyl groups excluding tert-OH is 2. The number of carboxylic acids is 2. The Morgan fingerprint density at radius 1 is 0.857 bits per heavy atom. The molecule has 3 atom stereocenters. The third kappa shape index (κ3) is 82.5. The topological polar surface area (TPSA) is 391 Å². The molecule has 70 heavy (non-hydrogen) atoms. The summed E-state index contributed by atoms with van der Waals surface area (Å²) in [6.45, 7) is 21.0. The Balaban J connectivity index is -0.000000108. The average molecular weight is 1010 g/mol. The normalized spacial score (nSPS) is 11.7. The van der Waals surface area contributed by atoms with Gasteiger partial charge in [-0.3, -0.25) is 33.8 Å². The molecule has 21 nitrogen and oxygen atoms in total. The van der Waals surface area contributed by atoms with E-state index in [9.17, 15) is 33.9 Å². The first-order valence-electron chi connectivity index (χ1n) is 23.9. The summed E-state index contributed by atoms with van der Waals surface area (Å²) in [5.41, 5.74) is 26.3. The Morgan fingerprint density at radius 3 is 1.69 bits per heavy atom. The van der Waals surface area contributed by atoms with Crippen LogP contribution in [0.5, 0.6) is 0 Å². The van der Waals surface area contributed by atoms with Crippen molar-refractivity contribution in [3.05, 3.63) is 47.5 Å². The molecule has 1 aliphatic rings. The van der Waals surface area contributed by atoms with Crippen molar-refractivity contribution in [1.82, 2.24) is 21.3 Å². The van der Waals surface area contributed by atoms with Gasteiger partial charge in [-0.05, 0) is 86.4 Å². The molecular formula is C49H100N10O11. The van der Waals surface area contributed by atoms with Crippen LogP contribution in [0.1, 0.15) is 150 Å². The van der Waals surface area contributed by atoms with E-state index in [4.69, 9.17) is 37.3 Å². The largest absolute Gasteiger partial charge is 0.481 e. The van der Waals surface area contributed by atoms with Crippen molar-refractivity contribution >= 4 is 47.9 Å². The minimum Gasteiger partial charge on any atom is -0.481 e. The molecule has 0 radical (unpaired) electrons. The summed E-state index contributed by atoms with van der Waals surface area (Å²) in [5.74, 6) is -1.03. The van der Waals surface area contributed by atoms with Gasteiger partial charge in [0.15, 0.2) is 5.96 Å². The van der Waals surface area contributed by atoms with E-state index in [0.29, 0.717) is 32.4 Å². The second kappa shape index (κ2) is 65.4. The van der Waals surface area contributed by atoms with Crippen molar-refractivity contribution in [3.8, 4) is 0 Å². The number of carboxylic acid groups (broad SMARTS) is 2. The Morgan fingerprint density at radius 2 is 1.36 bits per heavy atom. The number of aliphatic carboxylic acids is 2. The minimum absolute atomic E-state index is 0.0532. The van der Waals surface area contributed by atoms with Crippen LogP contribution in [0, 0.1) is 19.8 Å². The third-order valence-electron chi connectivity index (χ3n) is 8.48. The van der Waals surface area contributed by atoms with Gasteiger partial charge in [0.2, 0.25) is 18.2 Å². The number of nitrogens with one attached hydrogen (secondary N) is 4. The average Bonchev–Trinajstić information content (AvgIpc) is 3.30. The van der Waals surface area contributed by atoms with Gasteiger partial charge in [-0.15, -0.1) is 0 Å². The lowest BCUT2D eigenvalue weighted by molar-refractivity contribution is -0.138. The first-order chi connectivity index (χ1) is 33.0. The highest BCUT2D eigenvalue weighted by molar-refractivity contribution is 5.85. The molecule has 0 spiro atoms. The van der Waals surface area contributed by atoms with E-state index < -0.39 is 36.0 Å². The molecule has 1 fully saturated rings. The van der Waals surface area contributed by atoms with Gasteiger partial charge in [0.25, 0.3) is 0 Å². The molecule has 0 aromatic heterocycles. The lowest BCUT2D eigenvalue weighted by Crippen LogP contribution is -2.47. The zero-order valence-corrected chi connectivity index (χ0v) is 45.1. The molecule has 1 aromatic rings. The molecular weight excluding hydrogens is 905 g/mol. The molecule has 18 N–H and O–H groups in total. The van der Waals surface area contributed by atoms with E-state index >= 15 is 0 Å². The maximum Gasteiger partial charge on any atom is 0.315 e. The van der Waals surface area contributed by atoms with Crippen molar-refractivity contribution < 1.29 is 54.0 Å². The molecule has 2 unspecified atom stereocenters.